The lowest BCUT2D eigenvalue weighted by molar-refractivity contribution is 0.0804. The van der Waals surface area contributed by atoms with Gasteiger partial charge in [-0.05, 0) is 12.1 Å². The fourth-order valence-corrected chi connectivity index (χ4v) is 1.61. The Kier molecular flexibility index (Phi) is 3.08. The quantitative estimate of drug-likeness (QED) is 0.759. The van der Waals surface area contributed by atoms with Crippen LogP contribution < -0.4 is 20.9 Å². The second kappa shape index (κ2) is 4.51. The van der Waals surface area contributed by atoms with Gasteiger partial charge in [-0.3, -0.25) is 0 Å². The molecule has 2 atom stereocenters. The van der Waals surface area contributed by atoms with E-state index in [0.717, 1.165) is 17.9 Å². The Labute approximate surface area is 89.2 Å². The van der Waals surface area contributed by atoms with E-state index in [0.29, 0.717) is 13.2 Å². The largest absolute Gasteiger partial charge is 0.486 e. The molecule has 0 saturated heterocycles. The highest BCUT2D eigenvalue weighted by Gasteiger charge is 2.21. The number of para-hydroxylation sites is 2. The first-order chi connectivity index (χ1) is 7.29. The third-order valence-electron chi connectivity index (χ3n) is 2.44. The van der Waals surface area contributed by atoms with Crippen LogP contribution in [0.15, 0.2) is 24.3 Å². The Bertz CT molecular complexity index is 330. The number of benzene rings is 1. The molecule has 2 unspecified atom stereocenters. The molecule has 0 amide bonds. The molecular formula is C11H16N2O2. The SMILES string of the molecule is NCC(N)CC1COc2ccccc2O1. The first-order valence-electron chi connectivity index (χ1n) is 5.13. The highest BCUT2D eigenvalue weighted by molar-refractivity contribution is 5.40. The Morgan fingerprint density at radius 3 is 2.80 bits per heavy atom. The third-order valence-corrected chi connectivity index (χ3v) is 2.44. The lowest BCUT2D eigenvalue weighted by Crippen LogP contribution is -2.39. The van der Waals surface area contributed by atoms with Crippen molar-refractivity contribution in [2.45, 2.75) is 18.6 Å². The molecule has 0 aromatic heterocycles. The van der Waals surface area contributed by atoms with Gasteiger partial charge in [0.1, 0.15) is 12.7 Å². The molecule has 0 spiro atoms. The van der Waals surface area contributed by atoms with Gasteiger partial charge in [-0.25, -0.2) is 0 Å². The van der Waals surface area contributed by atoms with Crippen LogP contribution in [0.2, 0.25) is 0 Å². The van der Waals surface area contributed by atoms with Crippen LogP contribution in [0, 0.1) is 0 Å². The summed E-state index contributed by atoms with van der Waals surface area (Å²) in [6.45, 7) is 1.02. The number of fused-ring (bicyclic) bond motifs is 1. The number of hydrogen-bond acceptors (Lipinski definition) is 4. The summed E-state index contributed by atoms with van der Waals surface area (Å²) in [6.07, 6.45) is 0.739. The van der Waals surface area contributed by atoms with Crippen molar-refractivity contribution in [1.82, 2.24) is 0 Å². The van der Waals surface area contributed by atoms with Crippen LogP contribution in [-0.4, -0.2) is 25.3 Å². The molecule has 0 aliphatic carbocycles. The summed E-state index contributed by atoms with van der Waals surface area (Å²) in [4.78, 5) is 0. The van der Waals surface area contributed by atoms with Gasteiger partial charge >= 0.3 is 0 Å². The zero-order valence-corrected chi connectivity index (χ0v) is 8.56. The summed E-state index contributed by atoms with van der Waals surface area (Å²) in [6, 6.07) is 7.62. The van der Waals surface area contributed by atoms with Crippen molar-refractivity contribution < 1.29 is 9.47 Å². The third kappa shape index (κ3) is 2.40. The first-order valence-corrected chi connectivity index (χ1v) is 5.13. The van der Waals surface area contributed by atoms with Gasteiger partial charge in [-0.2, -0.15) is 0 Å². The van der Waals surface area contributed by atoms with Gasteiger partial charge in [-0.1, -0.05) is 12.1 Å². The van der Waals surface area contributed by atoms with E-state index in [1.165, 1.54) is 0 Å². The van der Waals surface area contributed by atoms with E-state index in [4.69, 9.17) is 20.9 Å². The maximum atomic E-state index is 5.76. The van der Waals surface area contributed by atoms with Crippen LogP contribution in [-0.2, 0) is 0 Å². The van der Waals surface area contributed by atoms with E-state index in [1.54, 1.807) is 0 Å². The maximum absolute atomic E-state index is 5.76. The highest BCUT2D eigenvalue weighted by Crippen LogP contribution is 2.31. The molecule has 82 valence electrons. The second-order valence-corrected chi connectivity index (χ2v) is 3.73. The van der Waals surface area contributed by atoms with Gasteiger partial charge in [0.25, 0.3) is 0 Å². The van der Waals surface area contributed by atoms with Crippen molar-refractivity contribution in [3.8, 4) is 11.5 Å². The van der Waals surface area contributed by atoms with Gasteiger partial charge in [0.05, 0.1) is 0 Å². The van der Waals surface area contributed by atoms with Gasteiger partial charge in [0, 0.05) is 19.0 Å². The average molecular weight is 208 g/mol. The zero-order valence-electron chi connectivity index (χ0n) is 8.56. The van der Waals surface area contributed by atoms with Gasteiger partial charge in [-0.15, -0.1) is 0 Å². The van der Waals surface area contributed by atoms with Crippen LogP contribution in [0.4, 0.5) is 0 Å². The Hall–Kier alpha value is -1.26. The monoisotopic (exact) mass is 208 g/mol. The molecule has 1 aromatic carbocycles. The smallest absolute Gasteiger partial charge is 0.161 e. The summed E-state index contributed by atoms with van der Waals surface area (Å²) in [5.74, 6) is 1.59. The van der Waals surface area contributed by atoms with Gasteiger partial charge < -0.3 is 20.9 Å². The molecule has 1 heterocycles. The van der Waals surface area contributed by atoms with Gasteiger partial charge in [0.2, 0.25) is 0 Å². The minimum Gasteiger partial charge on any atom is -0.486 e. The predicted molar refractivity (Wildman–Crippen MR) is 58.0 cm³/mol. The number of hydrogen-bond donors (Lipinski definition) is 2. The Morgan fingerprint density at radius 2 is 2.07 bits per heavy atom. The van der Waals surface area contributed by atoms with Crippen molar-refractivity contribution in [3.05, 3.63) is 24.3 Å². The summed E-state index contributed by atoms with van der Waals surface area (Å²) in [5.41, 5.74) is 11.2. The highest BCUT2D eigenvalue weighted by atomic mass is 16.6. The topological polar surface area (TPSA) is 70.5 Å². The fourth-order valence-electron chi connectivity index (χ4n) is 1.61. The Morgan fingerprint density at radius 1 is 1.33 bits per heavy atom. The van der Waals surface area contributed by atoms with Crippen molar-refractivity contribution in [2.24, 2.45) is 11.5 Å². The summed E-state index contributed by atoms with van der Waals surface area (Å²) >= 11 is 0. The van der Waals surface area contributed by atoms with Crippen molar-refractivity contribution in [1.29, 1.82) is 0 Å². The van der Waals surface area contributed by atoms with Crippen LogP contribution in [0.1, 0.15) is 6.42 Å². The molecule has 15 heavy (non-hydrogen) atoms. The number of nitrogens with two attached hydrogens (primary N) is 2. The maximum Gasteiger partial charge on any atom is 0.161 e. The molecule has 0 radical (unpaired) electrons. The van der Waals surface area contributed by atoms with Gasteiger partial charge in [0.15, 0.2) is 11.5 Å². The summed E-state index contributed by atoms with van der Waals surface area (Å²) < 4.78 is 11.3. The van der Waals surface area contributed by atoms with E-state index in [2.05, 4.69) is 0 Å². The fraction of sp³-hybridized carbons (Fsp3) is 0.455. The van der Waals surface area contributed by atoms with Crippen LogP contribution in [0.5, 0.6) is 11.5 Å². The zero-order chi connectivity index (χ0) is 10.7. The standard InChI is InChI=1S/C11H16N2O2/c12-6-8(13)5-9-7-14-10-3-1-2-4-11(10)15-9/h1-4,8-9H,5-7,12-13H2. The summed E-state index contributed by atoms with van der Waals surface area (Å²) in [7, 11) is 0. The molecule has 4 heteroatoms. The molecule has 4 N–H and O–H groups in total. The minimum atomic E-state index is -0.0242. The minimum absolute atomic E-state index is 0.0125. The van der Waals surface area contributed by atoms with Crippen molar-refractivity contribution in [3.63, 3.8) is 0 Å². The molecule has 1 aromatic rings. The van der Waals surface area contributed by atoms with Crippen molar-refractivity contribution in [2.75, 3.05) is 13.2 Å². The van der Waals surface area contributed by atoms with E-state index in [-0.39, 0.29) is 12.1 Å². The molecule has 4 nitrogen and oxygen atoms in total. The van der Waals surface area contributed by atoms with Crippen molar-refractivity contribution >= 4 is 0 Å². The molecule has 0 saturated carbocycles. The lowest BCUT2D eigenvalue weighted by atomic mass is 10.1. The first kappa shape index (κ1) is 10.3. The van der Waals surface area contributed by atoms with E-state index >= 15 is 0 Å². The van der Waals surface area contributed by atoms with E-state index in [9.17, 15) is 0 Å². The Balaban J connectivity index is 1.99. The second-order valence-electron chi connectivity index (χ2n) is 3.73. The predicted octanol–water partition coefficient (Wildman–Crippen LogP) is 0.502. The normalized spacial score (nSPS) is 21.1. The molecule has 0 fully saturated rings. The molecule has 1 aliphatic rings. The molecule has 1 aliphatic heterocycles. The molecular weight excluding hydrogens is 192 g/mol. The average Bonchev–Trinajstić information content (AvgIpc) is 2.29. The number of ether oxygens (including phenoxy) is 2. The number of rotatable bonds is 3. The molecule has 2 rings (SSSR count). The van der Waals surface area contributed by atoms with Crippen LogP contribution in [0.3, 0.4) is 0 Å². The van der Waals surface area contributed by atoms with E-state index < -0.39 is 0 Å². The lowest BCUT2D eigenvalue weighted by Gasteiger charge is -2.27. The van der Waals surface area contributed by atoms with Crippen LogP contribution in [0.25, 0.3) is 0 Å². The van der Waals surface area contributed by atoms with Crippen LogP contribution >= 0.6 is 0 Å². The van der Waals surface area contributed by atoms with E-state index in [1.807, 2.05) is 24.3 Å². The summed E-state index contributed by atoms with van der Waals surface area (Å²) in [5, 5.41) is 0. The molecule has 0 bridgehead atoms.